The van der Waals surface area contributed by atoms with Crippen molar-refractivity contribution in [1.29, 1.82) is 5.26 Å². The Labute approximate surface area is 106 Å². The van der Waals surface area contributed by atoms with E-state index in [0.29, 0.717) is 13.2 Å². The zero-order chi connectivity index (χ0) is 12.8. The molecule has 100 valence electrons. The second-order valence-corrected chi connectivity index (χ2v) is 4.34. The highest BCUT2D eigenvalue weighted by molar-refractivity contribution is 4.82. The number of nitrogens with zero attached hydrogens (tertiary/aromatic N) is 1. The monoisotopic (exact) mass is 241 g/mol. The molecular weight excluding hydrogens is 214 g/mol. The van der Waals surface area contributed by atoms with Gasteiger partial charge in [0.25, 0.3) is 0 Å². The lowest BCUT2D eigenvalue weighted by Gasteiger charge is -2.09. The van der Waals surface area contributed by atoms with Gasteiger partial charge in [-0.1, -0.05) is 26.7 Å². The van der Waals surface area contributed by atoms with Crippen LogP contribution in [-0.4, -0.2) is 26.4 Å². The molecule has 0 saturated carbocycles. The van der Waals surface area contributed by atoms with E-state index >= 15 is 0 Å². The van der Waals surface area contributed by atoms with Crippen molar-refractivity contribution < 1.29 is 9.47 Å². The van der Waals surface area contributed by atoms with Crippen LogP contribution in [-0.2, 0) is 9.47 Å². The molecule has 3 nitrogen and oxygen atoms in total. The number of ether oxygens (including phenoxy) is 2. The van der Waals surface area contributed by atoms with Gasteiger partial charge in [0.2, 0.25) is 0 Å². The van der Waals surface area contributed by atoms with Crippen LogP contribution in [0, 0.1) is 17.2 Å². The summed E-state index contributed by atoms with van der Waals surface area (Å²) in [6.07, 6.45) is 6.20. The molecule has 17 heavy (non-hydrogen) atoms. The Hall–Kier alpha value is -0.590. The predicted molar refractivity (Wildman–Crippen MR) is 69.8 cm³/mol. The molecule has 0 aliphatic rings. The number of rotatable bonds is 12. The molecule has 0 aliphatic carbocycles. The zero-order valence-corrected chi connectivity index (χ0v) is 11.4. The van der Waals surface area contributed by atoms with E-state index in [1.165, 1.54) is 0 Å². The summed E-state index contributed by atoms with van der Waals surface area (Å²) in [6.45, 7) is 7.34. The minimum absolute atomic E-state index is 0.0817. The largest absolute Gasteiger partial charge is 0.381 e. The molecule has 0 heterocycles. The minimum Gasteiger partial charge on any atom is -0.381 e. The van der Waals surface area contributed by atoms with Crippen molar-refractivity contribution in [2.45, 2.75) is 52.4 Å². The minimum atomic E-state index is 0.0817. The Balaban J connectivity index is 3.34. The van der Waals surface area contributed by atoms with Crippen molar-refractivity contribution in [1.82, 2.24) is 0 Å². The Morgan fingerprint density at radius 2 is 1.35 bits per heavy atom. The van der Waals surface area contributed by atoms with Gasteiger partial charge in [-0.25, -0.2) is 0 Å². The molecule has 0 aliphatic heterocycles. The lowest BCUT2D eigenvalue weighted by atomic mass is 10.0. The topological polar surface area (TPSA) is 42.2 Å². The molecule has 0 bridgehead atoms. The van der Waals surface area contributed by atoms with E-state index in [1.54, 1.807) is 0 Å². The first-order chi connectivity index (χ1) is 8.35. The van der Waals surface area contributed by atoms with Gasteiger partial charge in [0, 0.05) is 26.4 Å². The molecular formula is C14H27NO2. The van der Waals surface area contributed by atoms with Crippen molar-refractivity contribution in [3.63, 3.8) is 0 Å². The van der Waals surface area contributed by atoms with Crippen molar-refractivity contribution in [3.8, 4) is 6.07 Å². The van der Waals surface area contributed by atoms with E-state index < -0.39 is 0 Å². The molecule has 0 rings (SSSR count). The van der Waals surface area contributed by atoms with Gasteiger partial charge in [0.1, 0.15) is 0 Å². The van der Waals surface area contributed by atoms with Crippen molar-refractivity contribution in [2.75, 3.05) is 26.4 Å². The first kappa shape index (κ1) is 16.4. The van der Waals surface area contributed by atoms with Crippen LogP contribution in [0.5, 0.6) is 0 Å². The van der Waals surface area contributed by atoms with E-state index in [-0.39, 0.29) is 5.92 Å². The van der Waals surface area contributed by atoms with Crippen molar-refractivity contribution in [3.05, 3.63) is 0 Å². The molecule has 0 N–H and O–H groups in total. The fraction of sp³-hybridized carbons (Fsp3) is 0.929. The van der Waals surface area contributed by atoms with E-state index in [1.807, 2.05) is 0 Å². The molecule has 0 aromatic rings. The van der Waals surface area contributed by atoms with Gasteiger partial charge in [-0.2, -0.15) is 5.26 Å². The highest BCUT2D eigenvalue weighted by Crippen LogP contribution is 2.08. The molecule has 0 atom stereocenters. The van der Waals surface area contributed by atoms with Crippen molar-refractivity contribution in [2.24, 2.45) is 5.92 Å². The fourth-order valence-electron chi connectivity index (χ4n) is 1.42. The van der Waals surface area contributed by atoms with Gasteiger partial charge in [0.15, 0.2) is 0 Å². The van der Waals surface area contributed by atoms with E-state index in [2.05, 4.69) is 19.9 Å². The average Bonchev–Trinajstić information content (AvgIpc) is 2.36. The smallest absolute Gasteiger partial charge is 0.0657 e. The van der Waals surface area contributed by atoms with Crippen LogP contribution in [0.3, 0.4) is 0 Å². The standard InChI is InChI=1S/C14H27NO2/c1-3-5-9-16-11-7-14(13-15)8-12-17-10-6-4-2/h14H,3-12H2,1-2H3. The van der Waals surface area contributed by atoms with Gasteiger partial charge in [-0.15, -0.1) is 0 Å². The molecule has 0 radical (unpaired) electrons. The third kappa shape index (κ3) is 11.7. The fourth-order valence-corrected chi connectivity index (χ4v) is 1.42. The van der Waals surface area contributed by atoms with Crippen LogP contribution in [0.2, 0.25) is 0 Å². The van der Waals surface area contributed by atoms with Gasteiger partial charge < -0.3 is 9.47 Å². The summed E-state index contributed by atoms with van der Waals surface area (Å²) in [5.41, 5.74) is 0. The first-order valence-electron chi connectivity index (χ1n) is 6.90. The third-order valence-corrected chi connectivity index (χ3v) is 2.69. The number of nitriles is 1. The van der Waals surface area contributed by atoms with Gasteiger partial charge in [-0.05, 0) is 25.7 Å². The van der Waals surface area contributed by atoms with Gasteiger partial charge >= 0.3 is 0 Å². The first-order valence-corrected chi connectivity index (χ1v) is 6.90. The molecule has 0 aromatic carbocycles. The molecule has 0 spiro atoms. The summed E-state index contributed by atoms with van der Waals surface area (Å²) >= 11 is 0. The lowest BCUT2D eigenvalue weighted by molar-refractivity contribution is 0.102. The molecule has 0 unspecified atom stereocenters. The van der Waals surface area contributed by atoms with E-state index in [0.717, 1.165) is 51.7 Å². The predicted octanol–water partition coefficient (Wildman–Crippen LogP) is 3.54. The van der Waals surface area contributed by atoms with Crippen LogP contribution in [0.1, 0.15) is 52.4 Å². The molecule has 0 fully saturated rings. The number of hydrogen-bond acceptors (Lipinski definition) is 3. The Morgan fingerprint density at radius 3 is 1.71 bits per heavy atom. The number of unbranched alkanes of at least 4 members (excludes halogenated alkanes) is 2. The molecule has 0 saturated heterocycles. The third-order valence-electron chi connectivity index (χ3n) is 2.69. The summed E-state index contributed by atoms with van der Waals surface area (Å²) in [4.78, 5) is 0. The normalized spacial score (nSPS) is 10.7. The molecule has 3 heteroatoms. The Morgan fingerprint density at radius 1 is 0.882 bits per heavy atom. The number of hydrogen-bond donors (Lipinski definition) is 0. The highest BCUT2D eigenvalue weighted by Gasteiger charge is 2.06. The summed E-state index contributed by atoms with van der Waals surface area (Å²) in [5, 5.41) is 8.97. The maximum absolute atomic E-state index is 8.97. The summed E-state index contributed by atoms with van der Waals surface area (Å²) in [5.74, 6) is 0.0817. The quantitative estimate of drug-likeness (QED) is 0.491. The van der Waals surface area contributed by atoms with E-state index in [9.17, 15) is 0 Å². The van der Waals surface area contributed by atoms with Crippen LogP contribution < -0.4 is 0 Å². The maximum atomic E-state index is 8.97. The summed E-state index contributed by atoms with van der Waals surface area (Å²) < 4.78 is 10.9. The Bertz CT molecular complexity index is 175. The van der Waals surface area contributed by atoms with Crippen LogP contribution in [0.25, 0.3) is 0 Å². The van der Waals surface area contributed by atoms with Crippen LogP contribution >= 0.6 is 0 Å². The maximum Gasteiger partial charge on any atom is 0.0657 e. The highest BCUT2D eigenvalue weighted by atomic mass is 16.5. The average molecular weight is 241 g/mol. The van der Waals surface area contributed by atoms with Crippen LogP contribution in [0.15, 0.2) is 0 Å². The van der Waals surface area contributed by atoms with Crippen molar-refractivity contribution >= 4 is 0 Å². The van der Waals surface area contributed by atoms with E-state index in [4.69, 9.17) is 14.7 Å². The van der Waals surface area contributed by atoms with Gasteiger partial charge in [-0.3, -0.25) is 0 Å². The van der Waals surface area contributed by atoms with Crippen LogP contribution in [0.4, 0.5) is 0 Å². The Kier molecular flexibility index (Phi) is 13.0. The second-order valence-electron chi connectivity index (χ2n) is 4.34. The summed E-state index contributed by atoms with van der Waals surface area (Å²) in [6, 6.07) is 2.32. The molecule has 0 amide bonds. The second kappa shape index (κ2) is 13.5. The zero-order valence-electron chi connectivity index (χ0n) is 11.4. The lowest BCUT2D eigenvalue weighted by Crippen LogP contribution is -2.08. The van der Waals surface area contributed by atoms with Gasteiger partial charge in [0.05, 0.1) is 12.0 Å². The summed E-state index contributed by atoms with van der Waals surface area (Å²) in [7, 11) is 0. The molecule has 0 aromatic heterocycles. The SMILES string of the molecule is CCCCOCCC(C#N)CCOCCCC.